The summed E-state index contributed by atoms with van der Waals surface area (Å²) in [5, 5.41) is 15.8. The Bertz CT molecular complexity index is 950. The van der Waals surface area contributed by atoms with Crippen molar-refractivity contribution in [3.05, 3.63) is 37.9 Å². The summed E-state index contributed by atoms with van der Waals surface area (Å²) in [5.74, 6) is 1.46. The molecule has 6 heteroatoms. The zero-order valence-electron chi connectivity index (χ0n) is 16.2. The van der Waals surface area contributed by atoms with Crippen LogP contribution in [0.5, 0.6) is 0 Å². The Kier molecular flexibility index (Phi) is 4.78. The zero-order valence-corrected chi connectivity index (χ0v) is 17.8. The fraction of sp³-hybridized carbons (Fsp3) is 0.545. The van der Waals surface area contributed by atoms with Crippen molar-refractivity contribution >= 4 is 33.6 Å². The molecule has 1 amide bonds. The van der Waals surface area contributed by atoms with Gasteiger partial charge in [0, 0.05) is 27.7 Å². The average molecular weight is 413 g/mol. The van der Waals surface area contributed by atoms with Crippen molar-refractivity contribution in [2.24, 2.45) is 11.8 Å². The summed E-state index contributed by atoms with van der Waals surface area (Å²) in [6.07, 6.45) is 6.79. The molecule has 5 rings (SSSR count). The Balaban J connectivity index is 1.32. The second kappa shape index (κ2) is 7.29. The molecule has 1 unspecified atom stereocenters. The van der Waals surface area contributed by atoms with Crippen molar-refractivity contribution in [1.82, 2.24) is 0 Å². The number of rotatable bonds is 4. The molecule has 0 saturated heterocycles. The molecule has 2 aromatic rings. The molecule has 3 aliphatic rings. The van der Waals surface area contributed by atoms with Gasteiger partial charge in [-0.15, -0.1) is 22.7 Å². The van der Waals surface area contributed by atoms with E-state index in [1.165, 1.54) is 38.6 Å². The van der Waals surface area contributed by atoms with E-state index in [2.05, 4.69) is 29.8 Å². The molecule has 1 fully saturated rings. The molecular formula is C22H26N3OS2+. The third-order valence-electron chi connectivity index (χ3n) is 6.59. The van der Waals surface area contributed by atoms with Gasteiger partial charge in [-0.1, -0.05) is 6.92 Å². The first-order valence-electron chi connectivity index (χ1n) is 10.4. The maximum Gasteiger partial charge on any atom is 0.280 e. The lowest BCUT2D eigenvalue weighted by Gasteiger charge is -2.32. The summed E-state index contributed by atoms with van der Waals surface area (Å²) in [6.45, 7) is 3.80. The highest BCUT2D eigenvalue weighted by Gasteiger charge is 2.43. The minimum absolute atomic E-state index is 0.0578. The first-order chi connectivity index (χ1) is 13.6. The molecule has 2 aromatic heterocycles. The van der Waals surface area contributed by atoms with Crippen LogP contribution >= 0.6 is 22.7 Å². The number of nitriles is 1. The molecule has 0 spiro atoms. The Hall–Kier alpha value is -1.68. The van der Waals surface area contributed by atoms with Gasteiger partial charge in [-0.3, -0.25) is 4.79 Å². The van der Waals surface area contributed by atoms with Gasteiger partial charge in [0.25, 0.3) is 5.91 Å². The molecule has 0 aromatic carbocycles. The lowest BCUT2D eigenvalue weighted by molar-refractivity contribution is -0.928. The summed E-state index contributed by atoms with van der Waals surface area (Å²) in [7, 11) is 0. The SMILES string of the molecule is C[C@H]1CCc2c(sc(NC(=O)C[NH+]3CCc4sccc4[C@@H]3C3CC3)c2C#N)C1. The fourth-order valence-electron chi connectivity index (χ4n) is 5.03. The van der Waals surface area contributed by atoms with Crippen LogP contribution in [0.3, 0.4) is 0 Å². The van der Waals surface area contributed by atoms with Gasteiger partial charge < -0.3 is 10.2 Å². The number of fused-ring (bicyclic) bond motifs is 2. The number of nitrogens with one attached hydrogen (secondary N) is 2. The summed E-state index contributed by atoms with van der Waals surface area (Å²) in [6, 6.07) is 5.12. The van der Waals surface area contributed by atoms with E-state index in [1.54, 1.807) is 11.3 Å². The molecule has 3 heterocycles. The summed E-state index contributed by atoms with van der Waals surface area (Å²) in [5.41, 5.74) is 3.39. The topological polar surface area (TPSA) is 57.3 Å². The molecule has 1 saturated carbocycles. The minimum Gasteiger partial charge on any atom is -0.320 e. The van der Waals surface area contributed by atoms with Crippen LogP contribution in [0.15, 0.2) is 11.4 Å². The molecule has 146 valence electrons. The predicted octanol–water partition coefficient (Wildman–Crippen LogP) is 3.34. The van der Waals surface area contributed by atoms with Crippen LogP contribution in [0.1, 0.15) is 58.7 Å². The number of anilines is 1. The highest BCUT2D eigenvalue weighted by Crippen LogP contribution is 2.42. The van der Waals surface area contributed by atoms with Crippen LogP contribution in [0.25, 0.3) is 0 Å². The van der Waals surface area contributed by atoms with Crippen molar-refractivity contribution < 1.29 is 9.69 Å². The lowest BCUT2D eigenvalue weighted by atomic mass is 9.89. The van der Waals surface area contributed by atoms with Gasteiger partial charge >= 0.3 is 0 Å². The van der Waals surface area contributed by atoms with Gasteiger partial charge in [0.2, 0.25) is 0 Å². The van der Waals surface area contributed by atoms with E-state index in [4.69, 9.17) is 0 Å². The van der Waals surface area contributed by atoms with E-state index in [1.807, 2.05) is 11.3 Å². The number of quaternary nitrogens is 1. The van der Waals surface area contributed by atoms with Gasteiger partial charge in [-0.05, 0) is 55.0 Å². The van der Waals surface area contributed by atoms with E-state index in [0.717, 1.165) is 43.1 Å². The number of carbonyl (C=O) groups is 1. The number of hydrogen-bond acceptors (Lipinski definition) is 4. The van der Waals surface area contributed by atoms with Crippen LogP contribution in [0.4, 0.5) is 5.00 Å². The highest BCUT2D eigenvalue weighted by atomic mass is 32.1. The molecule has 0 radical (unpaired) electrons. The monoisotopic (exact) mass is 412 g/mol. The van der Waals surface area contributed by atoms with Gasteiger partial charge in [-0.2, -0.15) is 5.26 Å². The Morgan fingerprint density at radius 3 is 2.96 bits per heavy atom. The largest absolute Gasteiger partial charge is 0.320 e. The van der Waals surface area contributed by atoms with E-state index in [0.29, 0.717) is 24.1 Å². The molecule has 2 N–H and O–H groups in total. The van der Waals surface area contributed by atoms with Gasteiger partial charge in [-0.25, -0.2) is 0 Å². The Labute approximate surface area is 174 Å². The molecular weight excluding hydrogens is 386 g/mol. The molecule has 2 aliphatic carbocycles. The quantitative estimate of drug-likeness (QED) is 0.809. The van der Waals surface area contributed by atoms with E-state index in [9.17, 15) is 10.1 Å². The fourth-order valence-corrected chi connectivity index (χ4v) is 7.34. The number of nitrogens with zero attached hydrogens (tertiary/aromatic N) is 1. The second-order valence-electron chi connectivity index (χ2n) is 8.67. The van der Waals surface area contributed by atoms with Crippen molar-refractivity contribution in [1.29, 1.82) is 5.26 Å². The first-order valence-corrected chi connectivity index (χ1v) is 12.1. The number of hydrogen-bond donors (Lipinski definition) is 2. The number of amides is 1. The van der Waals surface area contributed by atoms with Gasteiger partial charge in [0.1, 0.15) is 17.1 Å². The van der Waals surface area contributed by atoms with E-state index < -0.39 is 0 Å². The van der Waals surface area contributed by atoms with Crippen LogP contribution < -0.4 is 10.2 Å². The number of thiophene rings is 2. The van der Waals surface area contributed by atoms with Crippen molar-refractivity contribution in [3.63, 3.8) is 0 Å². The smallest absolute Gasteiger partial charge is 0.280 e. The average Bonchev–Trinajstić information content (AvgIpc) is 3.29. The maximum atomic E-state index is 12.9. The molecule has 1 aliphatic heterocycles. The summed E-state index contributed by atoms with van der Waals surface area (Å²) < 4.78 is 0. The Morgan fingerprint density at radius 1 is 1.32 bits per heavy atom. The Morgan fingerprint density at radius 2 is 2.18 bits per heavy atom. The lowest BCUT2D eigenvalue weighted by Crippen LogP contribution is -3.14. The van der Waals surface area contributed by atoms with Crippen molar-refractivity contribution in [2.75, 3.05) is 18.4 Å². The van der Waals surface area contributed by atoms with Gasteiger partial charge in [0.15, 0.2) is 6.54 Å². The van der Waals surface area contributed by atoms with Crippen LogP contribution in [0, 0.1) is 23.2 Å². The van der Waals surface area contributed by atoms with Crippen LogP contribution in [-0.4, -0.2) is 19.0 Å². The molecule has 3 atom stereocenters. The first kappa shape index (κ1) is 18.4. The van der Waals surface area contributed by atoms with E-state index >= 15 is 0 Å². The third kappa shape index (κ3) is 3.30. The van der Waals surface area contributed by atoms with Crippen LogP contribution in [-0.2, 0) is 24.1 Å². The number of carbonyl (C=O) groups excluding carboxylic acids is 1. The van der Waals surface area contributed by atoms with Crippen molar-refractivity contribution in [3.8, 4) is 6.07 Å². The van der Waals surface area contributed by atoms with Gasteiger partial charge in [0.05, 0.1) is 12.1 Å². The van der Waals surface area contributed by atoms with E-state index in [-0.39, 0.29) is 5.91 Å². The predicted molar refractivity (Wildman–Crippen MR) is 113 cm³/mol. The zero-order chi connectivity index (χ0) is 19.3. The molecule has 0 bridgehead atoms. The molecule has 28 heavy (non-hydrogen) atoms. The standard InChI is InChI=1S/C22H25N3OS2/c1-13-2-5-15-17(11-23)22(28-19(15)10-13)24-20(26)12-25-8-6-18-16(7-9-27-18)21(25)14-3-4-14/h7,9,13-14,21H,2-6,8,10,12H2,1H3,(H,24,26)/p+1/t13-,21-/m0/s1. The van der Waals surface area contributed by atoms with Crippen LogP contribution in [0.2, 0.25) is 0 Å². The maximum absolute atomic E-state index is 12.9. The second-order valence-corrected chi connectivity index (χ2v) is 10.8. The highest BCUT2D eigenvalue weighted by molar-refractivity contribution is 7.16. The summed E-state index contributed by atoms with van der Waals surface area (Å²) in [4.78, 5) is 17.2. The third-order valence-corrected chi connectivity index (χ3v) is 8.75. The van der Waals surface area contributed by atoms with Crippen molar-refractivity contribution in [2.45, 2.75) is 51.5 Å². The minimum atomic E-state index is 0.0578. The summed E-state index contributed by atoms with van der Waals surface area (Å²) >= 11 is 3.50. The normalized spacial score (nSPS) is 26.2. The molecule has 4 nitrogen and oxygen atoms in total.